The van der Waals surface area contributed by atoms with Crippen molar-refractivity contribution >= 4 is 66.8 Å². The fourth-order valence-corrected chi connectivity index (χ4v) is 9.53. The molecular formula is C58H40N2O. The van der Waals surface area contributed by atoms with Crippen molar-refractivity contribution in [3.05, 3.63) is 224 Å². The zero-order valence-electron chi connectivity index (χ0n) is 33.5. The maximum Gasteiger partial charge on any atom is 0.135 e. The fraction of sp³-hybridized carbons (Fsp3) is 0.0345. The van der Waals surface area contributed by atoms with Crippen molar-refractivity contribution in [1.29, 1.82) is 0 Å². The van der Waals surface area contributed by atoms with Gasteiger partial charge in [-0.05, 0) is 141 Å². The SMILES string of the molecule is C1=Cc2c(c3c4ccccc4ccc3n2-c2cc(-c3ccccc3)cc(-c3ccc(N(c4ccc(-c5ccccc5)cc4)c4ccc5oc6ccccc6c5c4)cc3)c2)CC1. The standard InChI is InChI=1S/C58H40N2O/c1-3-13-39(14-4-1)41-23-28-46(29-24-41)59(48-32-34-57-53(38-48)51-19-10-12-22-56(51)61-57)47-30-25-42(26-31-47)45-35-44(40-15-5-2-6-16-40)36-49(37-45)60-54-21-11-9-20-52(54)58-50-18-8-7-17-43(50)27-33-55(58)60/h1-8,10-19,21-38H,9,20H2. The molecule has 0 unspecified atom stereocenters. The largest absolute Gasteiger partial charge is 0.456 e. The first kappa shape index (κ1) is 35.1. The van der Waals surface area contributed by atoms with E-state index in [4.69, 9.17) is 4.42 Å². The van der Waals surface area contributed by atoms with Gasteiger partial charge in [-0.25, -0.2) is 0 Å². The Morgan fingerprint density at radius 1 is 0.426 bits per heavy atom. The monoisotopic (exact) mass is 780 g/mol. The number of aromatic nitrogens is 1. The van der Waals surface area contributed by atoms with Gasteiger partial charge in [0.05, 0.1) is 5.52 Å². The first-order valence-electron chi connectivity index (χ1n) is 21.1. The molecule has 3 nitrogen and oxygen atoms in total. The molecule has 9 aromatic carbocycles. The molecule has 0 radical (unpaired) electrons. The zero-order valence-corrected chi connectivity index (χ0v) is 33.5. The molecule has 0 aliphatic heterocycles. The van der Waals surface area contributed by atoms with Crippen LogP contribution in [0.5, 0.6) is 0 Å². The van der Waals surface area contributed by atoms with Crippen LogP contribution in [0.4, 0.5) is 17.1 Å². The number of nitrogens with zero attached hydrogens (tertiary/aromatic N) is 2. The van der Waals surface area contributed by atoms with E-state index in [2.05, 4.69) is 216 Å². The topological polar surface area (TPSA) is 21.3 Å². The molecule has 3 heteroatoms. The highest BCUT2D eigenvalue weighted by Crippen LogP contribution is 2.42. The molecule has 1 aliphatic rings. The molecule has 0 spiro atoms. The van der Waals surface area contributed by atoms with Crippen molar-refractivity contribution < 1.29 is 4.42 Å². The third-order valence-electron chi connectivity index (χ3n) is 12.4. The van der Waals surface area contributed by atoms with Crippen molar-refractivity contribution in [2.45, 2.75) is 12.8 Å². The van der Waals surface area contributed by atoms with Crippen molar-refractivity contribution in [3.8, 4) is 39.1 Å². The summed E-state index contributed by atoms with van der Waals surface area (Å²) < 4.78 is 8.75. The van der Waals surface area contributed by atoms with Crippen LogP contribution in [0.2, 0.25) is 0 Å². The second-order valence-electron chi connectivity index (χ2n) is 16.0. The maximum absolute atomic E-state index is 6.26. The number of fused-ring (bicyclic) bond motifs is 8. The van der Waals surface area contributed by atoms with Crippen LogP contribution < -0.4 is 4.90 Å². The highest BCUT2D eigenvalue weighted by molar-refractivity contribution is 6.11. The van der Waals surface area contributed by atoms with Crippen LogP contribution in [0.3, 0.4) is 0 Å². The predicted molar refractivity (Wildman–Crippen MR) is 256 cm³/mol. The summed E-state index contributed by atoms with van der Waals surface area (Å²) in [5, 5.41) is 6.18. The number of hydrogen-bond acceptors (Lipinski definition) is 2. The van der Waals surface area contributed by atoms with Crippen LogP contribution in [0, 0.1) is 0 Å². The van der Waals surface area contributed by atoms with E-state index in [0.29, 0.717) is 0 Å². The number of allylic oxidation sites excluding steroid dienone is 1. The number of anilines is 3. The summed E-state index contributed by atoms with van der Waals surface area (Å²) in [5.74, 6) is 0. The van der Waals surface area contributed by atoms with E-state index in [0.717, 1.165) is 63.1 Å². The van der Waals surface area contributed by atoms with Gasteiger partial charge in [-0.1, -0.05) is 140 Å². The maximum atomic E-state index is 6.26. The third-order valence-corrected chi connectivity index (χ3v) is 12.4. The molecule has 0 atom stereocenters. The number of aryl methyl sites for hydroxylation is 1. The lowest BCUT2D eigenvalue weighted by atomic mass is 9.97. The summed E-state index contributed by atoms with van der Waals surface area (Å²) in [6, 6.07) is 74.6. The van der Waals surface area contributed by atoms with Crippen LogP contribution in [-0.2, 0) is 6.42 Å². The van der Waals surface area contributed by atoms with Gasteiger partial charge < -0.3 is 13.9 Å². The molecule has 2 heterocycles. The second-order valence-corrected chi connectivity index (χ2v) is 16.0. The van der Waals surface area contributed by atoms with Crippen molar-refractivity contribution in [2.24, 2.45) is 0 Å². The van der Waals surface area contributed by atoms with Crippen LogP contribution in [0.25, 0.3) is 88.8 Å². The van der Waals surface area contributed by atoms with Gasteiger partial charge in [0, 0.05) is 44.6 Å². The van der Waals surface area contributed by atoms with Crippen LogP contribution in [-0.4, -0.2) is 4.57 Å². The Balaban J connectivity index is 1.01. The van der Waals surface area contributed by atoms with Gasteiger partial charge in [0.25, 0.3) is 0 Å². The number of furan rings is 1. The summed E-state index contributed by atoms with van der Waals surface area (Å²) in [6.07, 6.45) is 6.75. The number of rotatable bonds is 7. The Kier molecular flexibility index (Phi) is 8.31. The van der Waals surface area contributed by atoms with Crippen LogP contribution in [0.1, 0.15) is 17.7 Å². The van der Waals surface area contributed by atoms with Gasteiger partial charge in [0.15, 0.2) is 0 Å². The summed E-state index contributed by atoms with van der Waals surface area (Å²) in [4.78, 5) is 2.35. The molecule has 288 valence electrons. The molecule has 11 aromatic rings. The normalized spacial score (nSPS) is 12.4. The van der Waals surface area contributed by atoms with Crippen molar-refractivity contribution in [1.82, 2.24) is 4.57 Å². The molecule has 1 aliphatic carbocycles. The van der Waals surface area contributed by atoms with E-state index in [9.17, 15) is 0 Å². The average molecular weight is 781 g/mol. The summed E-state index contributed by atoms with van der Waals surface area (Å²) in [7, 11) is 0. The lowest BCUT2D eigenvalue weighted by Gasteiger charge is -2.26. The number of para-hydroxylation sites is 1. The minimum Gasteiger partial charge on any atom is -0.456 e. The van der Waals surface area contributed by atoms with Gasteiger partial charge in [0.1, 0.15) is 11.2 Å². The summed E-state index contributed by atoms with van der Waals surface area (Å²) in [6.45, 7) is 0. The molecule has 0 bridgehead atoms. The highest BCUT2D eigenvalue weighted by atomic mass is 16.3. The van der Waals surface area contributed by atoms with E-state index in [1.165, 1.54) is 60.8 Å². The second kappa shape index (κ2) is 14.4. The van der Waals surface area contributed by atoms with E-state index in [1.807, 2.05) is 12.1 Å². The molecule has 0 amide bonds. The third kappa shape index (κ3) is 6.05. The molecule has 0 saturated carbocycles. The molecular weight excluding hydrogens is 741 g/mol. The fourth-order valence-electron chi connectivity index (χ4n) is 9.53. The Hall–Kier alpha value is -7.88. The van der Waals surface area contributed by atoms with E-state index >= 15 is 0 Å². The van der Waals surface area contributed by atoms with Crippen molar-refractivity contribution in [3.63, 3.8) is 0 Å². The van der Waals surface area contributed by atoms with Crippen LogP contribution >= 0.6 is 0 Å². The predicted octanol–water partition coefficient (Wildman–Crippen LogP) is 16.1. The average Bonchev–Trinajstić information content (AvgIpc) is 3.88. The molecule has 2 aromatic heterocycles. The lowest BCUT2D eigenvalue weighted by Crippen LogP contribution is -2.09. The van der Waals surface area contributed by atoms with Crippen molar-refractivity contribution in [2.75, 3.05) is 4.90 Å². The smallest absolute Gasteiger partial charge is 0.135 e. The van der Waals surface area contributed by atoms with E-state index in [1.54, 1.807) is 0 Å². The Bertz CT molecular complexity index is 3450. The quantitative estimate of drug-likeness (QED) is 0.161. The van der Waals surface area contributed by atoms with Gasteiger partial charge in [-0.3, -0.25) is 0 Å². The highest BCUT2D eigenvalue weighted by Gasteiger charge is 2.22. The lowest BCUT2D eigenvalue weighted by molar-refractivity contribution is 0.669. The first-order valence-corrected chi connectivity index (χ1v) is 21.1. The Morgan fingerprint density at radius 2 is 1.00 bits per heavy atom. The molecule has 0 saturated heterocycles. The minimum atomic E-state index is 0.884. The molecule has 12 rings (SSSR count). The Morgan fingerprint density at radius 3 is 1.72 bits per heavy atom. The summed E-state index contributed by atoms with van der Waals surface area (Å²) >= 11 is 0. The van der Waals surface area contributed by atoms with E-state index in [-0.39, 0.29) is 0 Å². The molecule has 0 N–H and O–H groups in total. The first-order chi connectivity index (χ1) is 30.2. The minimum absolute atomic E-state index is 0.884. The molecule has 0 fully saturated rings. The van der Waals surface area contributed by atoms with Gasteiger partial charge in [0.2, 0.25) is 0 Å². The van der Waals surface area contributed by atoms with E-state index < -0.39 is 0 Å². The molecule has 61 heavy (non-hydrogen) atoms. The Labute approximate surface area is 354 Å². The van der Waals surface area contributed by atoms with Crippen LogP contribution in [0.15, 0.2) is 217 Å². The number of hydrogen-bond donors (Lipinski definition) is 0. The van der Waals surface area contributed by atoms with Gasteiger partial charge in [-0.15, -0.1) is 0 Å². The van der Waals surface area contributed by atoms with Gasteiger partial charge in [-0.2, -0.15) is 0 Å². The van der Waals surface area contributed by atoms with Gasteiger partial charge >= 0.3 is 0 Å². The zero-order chi connectivity index (χ0) is 40.3. The summed E-state index contributed by atoms with van der Waals surface area (Å²) in [5.41, 5.74) is 17.2. The number of benzene rings is 9.